The number of halogens is 1. The third-order valence-corrected chi connectivity index (χ3v) is 4.87. The van der Waals surface area contributed by atoms with E-state index in [-0.39, 0.29) is 35.9 Å². The Balaban J connectivity index is 0.00000242. The molecule has 1 aromatic heterocycles. The topological polar surface area (TPSA) is 96.3 Å². The molecule has 0 saturated carbocycles. The van der Waals surface area contributed by atoms with Gasteiger partial charge in [-0.15, -0.1) is 12.4 Å². The van der Waals surface area contributed by atoms with Gasteiger partial charge in [0, 0.05) is 38.9 Å². The Kier molecular flexibility index (Phi) is 6.36. The number of nitrogens with zero attached hydrogens (tertiary/aromatic N) is 3. The minimum absolute atomic E-state index is 0. The van der Waals surface area contributed by atoms with Crippen molar-refractivity contribution in [3.63, 3.8) is 0 Å². The van der Waals surface area contributed by atoms with Gasteiger partial charge in [-0.1, -0.05) is 0 Å². The molecule has 0 spiro atoms. The summed E-state index contributed by atoms with van der Waals surface area (Å²) < 4.78 is 28.1. The van der Waals surface area contributed by atoms with Crippen LogP contribution in [0.3, 0.4) is 0 Å². The second-order valence-electron chi connectivity index (χ2n) is 5.20. The number of piperazine rings is 1. The maximum atomic E-state index is 12.1. The van der Waals surface area contributed by atoms with Crippen LogP contribution in [0.15, 0.2) is 11.2 Å². The zero-order chi connectivity index (χ0) is 15.6. The maximum absolute atomic E-state index is 12.1. The van der Waals surface area contributed by atoms with Gasteiger partial charge in [-0.25, -0.2) is 18.1 Å². The van der Waals surface area contributed by atoms with Gasteiger partial charge in [0.2, 0.25) is 5.91 Å². The number of hydrogen-bond acceptors (Lipinski definition) is 5. The van der Waals surface area contributed by atoms with Crippen LogP contribution in [0.4, 0.5) is 0 Å². The summed E-state index contributed by atoms with van der Waals surface area (Å²) in [6, 6.07) is 0.0628. The number of aromatic nitrogens is 2. The first-order valence-corrected chi connectivity index (χ1v) is 8.29. The fraction of sp³-hybridized carbons (Fsp3) is 0.667. The van der Waals surface area contributed by atoms with Crippen molar-refractivity contribution >= 4 is 28.3 Å². The van der Waals surface area contributed by atoms with Crippen LogP contribution in [0.2, 0.25) is 0 Å². The molecule has 8 nitrogen and oxygen atoms in total. The second-order valence-corrected chi connectivity index (χ2v) is 6.92. The molecule has 0 radical (unpaired) electrons. The number of nitrogens with one attached hydrogen (secondary N) is 2. The molecule has 1 saturated heterocycles. The zero-order valence-corrected chi connectivity index (χ0v) is 14.5. The molecule has 0 aliphatic carbocycles. The van der Waals surface area contributed by atoms with Crippen molar-refractivity contribution in [1.82, 2.24) is 24.5 Å². The van der Waals surface area contributed by atoms with E-state index in [9.17, 15) is 13.2 Å². The lowest BCUT2D eigenvalue weighted by molar-refractivity contribution is -0.132. The van der Waals surface area contributed by atoms with Gasteiger partial charge in [-0.3, -0.25) is 4.79 Å². The number of carbonyl (C=O) groups excluding carboxylic acids is 1. The molecule has 1 fully saturated rings. The molecule has 0 aromatic carbocycles. The first-order valence-electron chi connectivity index (χ1n) is 6.81. The summed E-state index contributed by atoms with van der Waals surface area (Å²) >= 11 is 0. The predicted octanol–water partition coefficient (Wildman–Crippen LogP) is -0.751. The first-order chi connectivity index (χ1) is 9.81. The minimum Gasteiger partial charge on any atom is -0.337 e. The van der Waals surface area contributed by atoms with Gasteiger partial charge in [0.1, 0.15) is 5.82 Å². The van der Waals surface area contributed by atoms with E-state index in [1.54, 1.807) is 23.4 Å². The van der Waals surface area contributed by atoms with Crippen LogP contribution in [0.25, 0.3) is 0 Å². The molecule has 1 aromatic rings. The fourth-order valence-corrected chi connectivity index (χ4v) is 3.21. The number of imidazole rings is 1. The Morgan fingerprint density at radius 3 is 2.77 bits per heavy atom. The van der Waals surface area contributed by atoms with E-state index in [1.807, 2.05) is 6.92 Å². The van der Waals surface area contributed by atoms with Crippen LogP contribution in [0.5, 0.6) is 0 Å². The van der Waals surface area contributed by atoms with Crippen LogP contribution in [-0.4, -0.2) is 61.0 Å². The molecule has 2 heterocycles. The molecule has 0 bridgehead atoms. The van der Waals surface area contributed by atoms with Gasteiger partial charge in [0.05, 0.1) is 6.54 Å². The lowest BCUT2D eigenvalue weighted by atomic mass is 10.2. The minimum atomic E-state index is -3.76. The van der Waals surface area contributed by atoms with Crippen molar-refractivity contribution in [1.29, 1.82) is 0 Å². The molecule has 126 valence electrons. The lowest BCUT2D eigenvalue weighted by Crippen LogP contribution is -2.54. The Morgan fingerprint density at radius 1 is 1.55 bits per heavy atom. The average molecular weight is 352 g/mol. The molecular formula is C12H22ClN5O3S. The lowest BCUT2D eigenvalue weighted by Gasteiger charge is -2.34. The van der Waals surface area contributed by atoms with Gasteiger partial charge < -0.3 is 14.8 Å². The summed E-state index contributed by atoms with van der Waals surface area (Å²) in [7, 11) is -2.04. The summed E-state index contributed by atoms with van der Waals surface area (Å²) in [6.45, 7) is 5.43. The second kappa shape index (κ2) is 7.40. The summed E-state index contributed by atoms with van der Waals surface area (Å²) in [5.41, 5.74) is 0. The van der Waals surface area contributed by atoms with E-state index in [1.165, 1.54) is 6.20 Å². The molecule has 2 N–H and O–H groups in total. The van der Waals surface area contributed by atoms with Crippen LogP contribution in [0, 0.1) is 6.92 Å². The van der Waals surface area contributed by atoms with Crippen LogP contribution in [0.1, 0.15) is 12.7 Å². The summed E-state index contributed by atoms with van der Waals surface area (Å²) in [6.07, 6.45) is 1.43. The van der Waals surface area contributed by atoms with Crippen molar-refractivity contribution in [3.8, 4) is 0 Å². The molecule has 0 unspecified atom stereocenters. The summed E-state index contributed by atoms with van der Waals surface area (Å²) in [5.74, 6) is 0.373. The van der Waals surface area contributed by atoms with Gasteiger partial charge in [-0.2, -0.15) is 0 Å². The van der Waals surface area contributed by atoms with E-state index in [0.717, 1.165) is 13.1 Å². The normalized spacial score (nSPS) is 18.9. The molecule has 1 atom stereocenters. The maximum Gasteiger partial charge on any atom is 0.260 e. The molecule has 2 rings (SSSR count). The van der Waals surface area contributed by atoms with E-state index < -0.39 is 10.0 Å². The molecular weight excluding hydrogens is 330 g/mol. The summed E-state index contributed by atoms with van der Waals surface area (Å²) in [4.78, 5) is 17.8. The average Bonchev–Trinajstić information content (AvgIpc) is 2.77. The molecule has 22 heavy (non-hydrogen) atoms. The largest absolute Gasteiger partial charge is 0.337 e. The van der Waals surface area contributed by atoms with Crippen LogP contribution < -0.4 is 10.0 Å². The zero-order valence-electron chi connectivity index (χ0n) is 12.9. The van der Waals surface area contributed by atoms with Crippen molar-refractivity contribution in [3.05, 3.63) is 12.0 Å². The van der Waals surface area contributed by atoms with Crippen LogP contribution >= 0.6 is 12.4 Å². The van der Waals surface area contributed by atoms with E-state index in [2.05, 4.69) is 15.0 Å². The van der Waals surface area contributed by atoms with Crippen molar-refractivity contribution in [2.45, 2.75) is 24.9 Å². The smallest absolute Gasteiger partial charge is 0.260 e. The SMILES string of the molecule is Cc1nc(S(=O)(=O)NCC(=O)N2CCNC[C@H]2C)cn1C.Cl. The first kappa shape index (κ1) is 18.9. The molecule has 10 heteroatoms. The Morgan fingerprint density at radius 2 is 2.23 bits per heavy atom. The monoisotopic (exact) mass is 351 g/mol. The quantitative estimate of drug-likeness (QED) is 0.744. The third-order valence-electron chi connectivity index (χ3n) is 3.60. The number of sulfonamides is 1. The molecule has 1 amide bonds. The molecule has 1 aliphatic heterocycles. The van der Waals surface area contributed by atoms with Crippen LogP contribution in [-0.2, 0) is 21.9 Å². The Hall–Kier alpha value is -1.16. The van der Waals surface area contributed by atoms with E-state index >= 15 is 0 Å². The number of carbonyl (C=O) groups is 1. The predicted molar refractivity (Wildman–Crippen MR) is 84.4 cm³/mol. The highest BCUT2D eigenvalue weighted by atomic mass is 35.5. The standard InChI is InChI=1S/C12H21N5O3S.ClH/c1-9-6-13-4-5-17(9)12(18)7-14-21(19,20)11-8-16(3)10(2)15-11;/h8-9,13-14H,4-7H2,1-3H3;1H/t9-;/m1./s1. The third kappa shape index (κ3) is 4.19. The number of aryl methyl sites for hydroxylation is 2. The van der Waals surface area contributed by atoms with Crippen molar-refractivity contribution in [2.24, 2.45) is 7.05 Å². The van der Waals surface area contributed by atoms with Gasteiger partial charge >= 0.3 is 0 Å². The Labute approximate surface area is 136 Å². The highest BCUT2D eigenvalue weighted by Gasteiger charge is 2.25. The Bertz CT molecular complexity index is 611. The van der Waals surface area contributed by atoms with E-state index in [0.29, 0.717) is 12.4 Å². The summed E-state index contributed by atoms with van der Waals surface area (Å²) in [5, 5.41) is 3.12. The number of rotatable bonds is 4. The highest BCUT2D eigenvalue weighted by molar-refractivity contribution is 7.89. The molecule has 1 aliphatic rings. The number of amides is 1. The fourth-order valence-electron chi connectivity index (χ4n) is 2.20. The number of hydrogen-bond donors (Lipinski definition) is 2. The van der Waals surface area contributed by atoms with Gasteiger partial charge in [-0.05, 0) is 13.8 Å². The highest BCUT2D eigenvalue weighted by Crippen LogP contribution is 2.08. The van der Waals surface area contributed by atoms with Gasteiger partial charge in [0.25, 0.3) is 10.0 Å². The van der Waals surface area contributed by atoms with Gasteiger partial charge in [0.15, 0.2) is 5.03 Å². The van der Waals surface area contributed by atoms with E-state index in [4.69, 9.17) is 0 Å². The van der Waals surface area contributed by atoms with Crippen molar-refractivity contribution in [2.75, 3.05) is 26.2 Å². The van der Waals surface area contributed by atoms with Crippen molar-refractivity contribution < 1.29 is 13.2 Å².